The van der Waals surface area contributed by atoms with Crippen molar-refractivity contribution in [3.05, 3.63) is 59.3 Å². The molecular formula is C22H21NO3. The van der Waals surface area contributed by atoms with Gasteiger partial charge in [-0.1, -0.05) is 24.3 Å². The molecule has 4 nitrogen and oxygen atoms in total. The third kappa shape index (κ3) is 2.02. The van der Waals surface area contributed by atoms with E-state index in [2.05, 4.69) is 12.1 Å². The zero-order valence-electron chi connectivity index (χ0n) is 15.2. The Bertz CT molecular complexity index is 1010. The number of fused-ring (bicyclic) bond motifs is 2. The van der Waals surface area contributed by atoms with Crippen LogP contribution in [-0.2, 0) is 10.2 Å². The number of piperidine rings is 1. The largest absolute Gasteiger partial charge is 0.443 e. The van der Waals surface area contributed by atoms with E-state index < -0.39 is 5.60 Å². The Morgan fingerprint density at radius 2 is 1.88 bits per heavy atom. The lowest BCUT2D eigenvalue weighted by molar-refractivity contribution is 0.0322. The van der Waals surface area contributed by atoms with E-state index in [0.717, 1.165) is 34.0 Å². The molecule has 132 valence electrons. The molecule has 1 aliphatic heterocycles. The number of carbonyl (C=O) groups excluding carboxylic acids is 2. The van der Waals surface area contributed by atoms with Crippen molar-refractivity contribution in [2.24, 2.45) is 5.92 Å². The van der Waals surface area contributed by atoms with Gasteiger partial charge in [0.1, 0.15) is 5.60 Å². The molecular weight excluding hydrogens is 326 g/mol. The molecule has 1 heterocycles. The number of carbonyl (C=O) groups is 2. The molecule has 0 aromatic heterocycles. The summed E-state index contributed by atoms with van der Waals surface area (Å²) in [5.74, 6) is 0.349. The van der Waals surface area contributed by atoms with Gasteiger partial charge in [0, 0.05) is 29.3 Å². The lowest BCUT2D eigenvalue weighted by Gasteiger charge is -2.31. The molecule has 2 atom stereocenters. The van der Waals surface area contributed by atoms with Crippen molar-refractivity contribution in [3.8, 4) is 0 Å². The van der Waals surface area contributed by atoms with E-state index in [0.29, 0.717) is 12.5 Å². The maximum atomic E-state index is 12.8. The third-order valence-electron chi connectivity index (χ3n) is 5.77. The van der Waals surface area contributed by atoms with Crippen molar-refractivity contribution in [2.45, 2.75) is 38.2 Å². The average Bonchev–Trinajstić information content (AvgIpc) is 3.20. The predicted molar refractivity (Wildman–Crippen MR) is 99.1 cm³/mol. The summed E-state index contributed by atoms with van der Waals surface area (Å²) in [4.78, 5) is 27.2. The van der Waals surface area contributed by atoms with Crippen LogP contribution in [0, 0.1) is 5.92 Å². The van der Waals surface area contributed by atoms with Crippen LogP contribution in [0.2, 0.25) is 0 Å². The minimum atomic E-state index is -0.551. The SMILES string of the molecule is CC(C)(C)OC(=O)N1C[C@H]2C[C@@]23C1=CC(=O)c1cc2ccccc2cc13. The van der Waals surface area contributed by atoms with Gasteiger partial charge in [0.25, 0.3) is 0 Å². The third-order valence-corrected chi connectivity index (χ3v) is 5.77. The molecule has 3 aliphatic rings. The van der Waals surface area contributed by atoms with Crippen LogP contribution in [0.5, 0.6) is 0 Å². The van der Waals surface area contributed by atoms with Crippen LogP contribution in [-0.4, -0.2) is 28.9 Å². The second-order valence-corrected chi connectivity index (χ2v) is 8.60. The van der Waals surface area contributed by atoms with Gasteiger partial charge in [-0.3, -0.25) is 9.69 Å². The van der Waals surface area contributed by atoms with E-state index in [-0.39, 0.29) is 17.3 Å². The summed E-state index contributed by atoms with van der Waals surface area (Å²) in [6, 6.07) is 12.3. The lowest BCUT2D eigenvalue weighted by Crippen LogP contribution is -2.37. The van der Waals surface area contributed by atoms with E-state index in [9.17, 15) is 9.59 Å². The number of hydrogen-bond acceptors (Lipinski definition) is 3. The number of hydrogen-bond donors (Lipinski definition) is 0. The summed E-state index contributed by atoms with van der Waals surface area (Å²) in [5, 5.41) is 2.21. The number of likely N-dealkylation sites (tertiary alicyclic amines) is 1. The fourth-order valence-corrected chi connectivity index (χ4v) is 4.60. The summed E-state index contributed by atoms with van der Waals surface area (Å²) in [6.45, 7) is 6.21. The van der Waals surface area contributed by atoms with E-state index in [1.54, 1.807) is 11.0 Å². The molecule has 2 fully saturated rings. The Morgan fingerprint density at radius 1 is 1.19 bits per heavy atom. The second kappa shape index (κ2) is 4.76. The quantitative estimate of drug-likeness (QED) is 0.708. The van der Waals surface area contributed by atoms with Gasteiger partial charge in [0.2, 0.25) is 0 Å². The molecule has 0 bridgehead atoms. The topological polar surface area (TPSA) is 46.6 Å². The Kier molecular flexibility index (Phi) is 2.86. The van der Waals surface area contributed by atoms with Gasteiger partial charge in [-0.2, -0.15) is 0 Å². The van der Waals surface area contributed by atoms with E-state index in [1.165, 1.54) is 0 Å². The van der Waals surface area contributed by atoms with E-state index in [1.807, 2.05) is 45.0 Å². The van der Waals surface area contributed by atoms with Gasteiger partial charge in [-0.15, -0.1) is 0 Å². The molecule has 2 aliphatic carbocycles. The monoisotopic (exact) mass is 347 g/mol. The molecule has 0 N–H and O–H groups in total. The first-order chi connectivity index (χ1) is 12.3. The summed E-state index contributed by atoms with van der Waals surface area (Å²) < 4.78 is 5.56. The number of ether oxygens (including phenoxy) is 1. The molecule has 1 saturated carbocycles. The van der Waals surface area contributed by atoms with Crippen molar-refractivity contribution in [1.82, 2.24) is 4.90 Å². The highest BCUT2D eigenvalue weighted by molar-refractivity contribution is 6.11. The van der Waals surface area contributed by atoms with Gasteiger partial charge < -0.3 is 4.74 Å². The molecule has 1 spiro atoms. The lowest BCUT2D eigenvalue weighted by atomic mass is 9.80. The van der Waals surface area contributed by atoms with Crippen LogP contribution in [0.25, 0.3) is 10.8 Å². The Labute approximate surface area is 152 Å². The van der Waals surface area contributed by atoms with Gasteiger partial charge >= 0.3 is 6.09 Å². The highest BCUT2D eigenvalue weighted by Crippen LogP contribution is 2.66. The first kappa shape index (κ1) is 15.6. The normalized spacial score (nSPS) is 26.1. The van der Waals surface area contributed by atoms with Crippen molar-refractivity contribution < 1.29 is 14.3 Å². The number of allylic oxidation sites excluding steroid dienone is 2. The van der Waals surface area contributed by atoms with Crippen LogP contribution < -0.4 is 0 Å². The number of rotatable bonds is 0. The molecule has 1 amide bonds. The molecule has 1 saturated heterocycles. The fraction of sp³-hybridized carbons (Fsp3) is 0.364. The van der Waals surface area contributed by atoms with Crippen molar-refractivity contribution in [2.75, 3.05) is 6.54 Å². The minimum Gasteiger partial charge on any atom is -0.443 e. The average molecular weight is 347 g/mol. The van der Waals surface area contributed by atoms with E-state index in [4.69, 9.17) is 4.74 Å². The highest BCUT2D eigenvalue weighted by Gasteiger charge is 2.67. The van der Waals surface area contributed by atoms with Crippen molar-refractivity contribution >= 4 is 22.6 Å². The number of nitrogens with zero attached hydrogens (tertiary/aromatic N) is 1. The Hall–Kier alpha value is -2.62. The summed E-state index contributed by atoms with van der Waals surface area (Å²) in [5.41, 5.74) is 1.94. The van der Waals surface area contributed by atoms with Crippen LogP contribution in [0.4, 0.5) is 4.79 Å². The highest BCUT2D eigenvalue weighted by atomic mass is 16.6. The smallest absolute Gasteiger partial charge is 0.414 e. The molecule has 2 aromatic rings. The first-order valence-electron chi connectivity index (χ1n) is 9.10. The molecule has 0 unspecified atom stereocenters. The van der Waals surface area contributed by atoms with Crippen LogP contribution >= 0.6 is 0 Å². The molecule has 2 aromatic carbocycles. The maximum absolute atomic E-state index is 12.8. The van der Waals surface area contributed by atoms with Crippen LogP contribution in [0.1, 0.15) is 43.1 Å². The number of amides is 1. The Morgan fingerprint density at radius 3 is 2.58 bits per heavy atom. The summed E-state index contributed by atoms with van der Waals surface area (Å²) in [7, 11) is 0. The van der Waals surface area contributed by atoms with Crippen LogP contribution in [0.3, 0.4) is 0 Å². The van der Waals surface area contributed by atoms with Gasteiger partial charge in [-0.25, -0.2) is 4.79 Å². The molecule has 26 heavy (non-hydrogen) atoms. The second-order valence-electron chi connectivity index (χ2n) is 8.60. The van der Waals surface area contributed by atoms with E-state index >= 15 is 0 Å². The van der Waals surface area contributed by atoms with Crippen molar-refractivity contribution in [3.63, 3.8) is 0 Å². The standard InChI is InChI=1S/C22H21NO3/c1-21(2,3)26-20(25)23-12-15-11-22(15)17-9-14-7-5-4-6-13(14)8-16(17)18(24)10-19(22)23/h4-10,15H,11-12H2,1-3H3/t15-,22-/m1/s1. The molecule has 0 radical (unpaired) electrons. The minimum absolute atomic E-state index is 0.0208. The van der Waals surface area contributed by atoms with Gasteiger partial charge in [-0.05, 0) is 61.6 Å². The van der Waals surface area contributed by atoms with Gasteiger partial charge in [0.05, 0.1) is 0 Å². The zero-order chi connectivity index (χ0) is 18.3. The summed E-state index contributed by atoms with van der Waals surface area (Å²) in [6.07, 6.45) is 2.30. The fourth-order valence-electron chi connectivity index (χ4n) is 4.60. The first-order valence-corrected chi connectivity index (χ1v) is 9.10. The number of benzene rings is 2. The summed E-state index contributed by atoms with van der Waals surface area (Å²) >= 11 is 0. The zero-order valence-corrected chi connectivity index (χ0v) is 15.2. The maximum Gasteiger partial charge on any atom is 0.414 e. The molecule has 5 rings (SSSR count). The molecule has 4 heteroatoms. The van der Waals surface area contributed by atoms with Gasteiger partial charge in [0.15, 0.2) is 5.78 Å². The van der Waals surface area contributed by atoms with Crippen LogP contribution in [0.15, 0.2) is 48.2 Å². The Balaban J connectivity index is 1.61. The predicted octanol–water partition coefficient (Wildman–Crippen LogP) is 4.43. The van der Waals surface area contributed by atoms with Crippen molar-refractivity contribution in [1.29, 1.82) is 0 Å². The number of ketones is 1.